The molecule has 1 aliphatic heterocycles. The molecule has 1 fully saturated rings. The summed E-state index contributed by atoms with van der Waals surface area (Å²) in [6, 6.07) is 10.00. The van der Waals surface area contributed by atoms with Gasteiger partial charge in [-0.2, -0.15) is 5.10 Å². The van der Waals surface area contributed by atoms with Crippen molar-refractivity contribution in [3.05, 3.63) is 64.9 Å². The van der Waals surface area contributed by atoms with Gasteiger partial charge in [-0.05, 0) is 66.0 Å². The number of fused-ring (bicyclic) bond motifs is 1. The van der Waals surface area contributed by atoms with Gasteiger partial charge < -0.3 is 10.1 Å². The summed E-state index contributed by atoms with van der Waals surface area (Å²) in [6.07, 6.45) is 6.46. The van der Waals surface area contributed by atoms with E-state index in [1.165, 1.54) is 0 Å². The molecule has 0 unspecified atom stereocenters. The van der Waals surface area contributed by atoms with Crippen molar-refractivity contribution in [2.45, 2.75) is 19.3 Å². The van der Waals surface area contributed by atoms with Crippen LogP contribution >= 0.6 is 11.3 Å². The topological polar surface area (TPSA) is 81.9 Å². The number of aromatic nitrogens is 4. The minimum absolute atomic E-state index is 0.114. The maximum absolute atomic E-state index is 12.8. The van der Waals surface area contributed by atoms with Crippen molar-refractivity contribution < 1.29 is 9.53 Å². The minimum Gasteiger partial charge on any atom is -0.381 e. The quantitative estimate of drug-likeness (QED) is 0.486. The number of nitrogens with zero attached hydrogens (tertiary/aromatic N) is 4. The second-order valence-electron chi connectivity index (χ2n) is 8.17. The number of amides is 1. The Bertz CT molecular complexity index is 1220. The van der Waals surface area contributed by atoms with E-state index in [-0.39, 0.29) is 5.91 Å². The maximum atomic E-state index is 12.8. The van der Waals surface area contributed by atoms with Crippen molar-refractivity contribution in [3.63, 3.8) is 0 Å². The smallest absolute Gasteiger partial charge is 0.269 e. The fraction of sp³-hybridized carbons (Fsp3) is 0.333. The summed E-state index contributed by atoms with van der Waals surface area (Å²) in [4.78, 5) is 22.9. The Labute approximate surface area is 190 Å². The molecule has 7 nitrogen and oxygen atoms in total. The lowest BCUT2D eigenvalue weighted by molar-refractivity contribution is 0.0642. The third-order valence-electron chi connectivity index (χ3n) is 5.84. The summed E-state index contributed by atoms with van der Waals surface area (Å²) in [5.41, 5.74) is 4.33. The highest BCUT2D eigenvalue weighted by molar-refractivity contribution is 7.16. The number of ether oxygens (including phenoxy) is 1. The van der Waals surface area contributed by atoms with E-state index in [0.717, 1.165) is 58.8 Å². The highest BCUT2D eigenvalue weighted by Gasteiger charge is 2.17. The van der Waals surface area contributed by atoms with Gasteiger partial charge in [-0.25, -0.2) is 4.98 Å². The molecule has 0 aliphatic carbocycles. The molecule has 32 heavy (non-hydrogen) atoms. The molecule has 1 N–H and O–H groups in total. The third-order valence-corrected chi connectivity index (χ3v) is 6.65. The van der Waals surface area contributed by atoms with Crippen LogP contribution < -0.4 is 5.32 Å². The molecule has 8 heteroatoms. The van der Waals surface area contributed by atoms with Gasteiger partial charge in [0.15, 0.2) is 0 Å². The number of carbonyl (C=O) groups excluding carboxylic acids is 1. The van der Waals surface area contributed by atoms with Gasteiger partial charge in [0.2, 0.25) is 0 Å². The number of carbonyl (C=O) groups is 1. The molecular weight excluding hydrogens is 422 g/mol. The predicted octanol–water partition coefficient (Wildman–Crippen LogP) is 3.84. The average molecular weight is 448 g/mol. The van der Waals surface area contributed by atoms with Gasteiger partial charge in [-0.3, -0.25) is 14.5 Å². The van der Waals surface area contributed by atoms with Crippen molar-refractivity contribution in [2.75, 3.05) is 19.8 Å². The van der Waals surface area contributed by atoms with Crippen LogP contribution in [0.25, 0.3) is 21.6 Å². The lowest BCUT2D eigenvalue weighted by Crippen LogP contribution is -2.32. The first-order chi connectivity index (χ1) is 15.7. The van der Waals surface area contributed by atoms with Crippen LogP contribution in [0.5, 0.6) is 0 Å². The average Bonchev–Trinajstić information content (AvgIpc) is 3.48. The number of rotatable bonds is 6. The number of nitrogens with one attached hydrogen (secondary N) is 1. The molecule has 0 aromatic carbocycles. The Balaban J connectivity index is 1.34. The van der Waals surface area contributed by atoms with E-state index in [2.05, 4.69) is 32.5 Å². The molecular formula is C24H25N5O2S. The van der Waals surface area contributed by atoms with Crippen LogP contribution in [-0.4, -0.2) is 45.4 Å². The lowest BCUT2D eigenvalue weighted by Gasteiger charge is -2.22. The summed E-state index contributed by atoms with van der Waals surface area (Å²) in [7, 11) is 1.89. The van der Waals surface area contributed by atoms with Crippen LogP contribution in [0, 0.1) is 5.92 Å². The normalized spacial score (nSPS) is 14.7. The van der Waals surface area contributed by atoms with Gasteiger partial charge in [-0.1, -0.05) is 6.07 Å². The zero-order chi connectivity index (χ0) is 21.9. The molecule has 0 atom stereocenters. The van der Waals surface area contributed by atoms with Crippen molar-refractivity contribution in [3.8, 4) is 11.4 Å². The van der Waals surface area contributed by atoms with Gasteiger partial charge >= 0.3 is 0 Å². The Morgan fingerprint density at radius 2 is 2.09 bits per heavy atom. The van der Waals surface area contributed by atoms with Crippen LogP contribution in [-0.2, 0) is 18.2 Å². The number of thiophene rings is 1. The highest BCUT2D eigenvalue weighted by Crippen LogP contribution is 2.26. The molecule has 1 saturated heterocycles. The maximum Gasteiger partial charge on any atom is 0.269 e. The molecule has 0 saturated carbocycles. The second kappa shape index (κ2) is 9.18. The SMILES string of the molecule is Cn1ccc(-c2ccc(Cc3cc(C(=O)NCC4CCOCC4)nc4sccc34)cn2)n1. The summed E-state index contributed by atoms with van der Waals surface area (Å²) < 4.78 is 7.17. The monoisotopic (exact) mass is 447 g/mol. The summed E-state index contributed by atoms with van der Waals surface area (Å²) in [5, 5.41) is 10.6. The highest BCUT2D eigenvalue weighted by atomic mass is 32.1. The summed E-state index contributed by atoms with van der Waals surface area (Å²) in [6.45, 7) is 2.22. The van der Waals surface area contributed by atoms with Crippen LogP contribution in [0.2, 0.25) is 0 Å². The largest absolute Gasteiger partial charge is 0.381 e. The van der Waals surface area contributed by atoms with Crippen molar-refractivity contribution >= 4 is 27.5 Å². The summed E-state index contributed by atoms with van der Waals surface area (Å²) in [5.74, 6) is 0.359. The molecule has 0 bridgehead atoms. The molecule has 1 amide bonds. The number of hydrogen-bond donors (Lipinski definition) is 1. The Morgan fingerprint density at radius 3 is 2.84 bits per heavy atom. The zero-order valence-corrected chi connectivity index (χ0v) is 18.8. The predicted molar refractivity (Wildman–Crippen MR) is 125 cm³/mol. The molecule has 0 radical (unpaired) electrons. The van der Waals surface area contributed by atoms with Crippen LogP contribution in [0.15, 0.2) is 48.1 Å². The summed E-state index contributed by atoms with van der Waals surface area (Å²) >= 11 is 1.56. The van der Waals surface area contributed by atoms with E-state index < -0.39 is 0 Å². The van der Waals surface area contributed by atoms with Gasteiger partial charge in [-0.15, -0.1) is 11.3 Å². The van der Waals surface area contributed by atoms with Gasteiger partial charge in [0.25, 0.3) is 5.91 Å². The Hall–Kier alpha value is -3.10. The van der Waals surface area contributed by atoms with Crippen LogP contribution in [0.4, 0.5) is 0 Å². The Morgan fingerprint density at radius 1 is 1.22 bits per heavy atom. The fourth-order valence-electron chi connectivity index (χ4n) is 4.01. The van der Waals surface area contributed by atoms with Crippen molar-refractivity contribution in [1.29, 1.82) is 0 Å². The Kier molecular flexibility index (Phi) is 5.96. The van der Waals surface area contributed by atoms with E-state index in [1.807, 2.05) is 43.0 Å². The molecule has 4 aromatic heterocycles. The van der Waals surface area contributed by atoms with Crippen LogP contribution in [0.1, 0.15) is 34.5 Å². The second-order valence-corrected chi connectivity index (χ2v) is 9.07. The van der Waals surface area contributed by atoms with Gasteiger partial charge in [0, 0.05) is 44.6 Å². The molecule has 0 spiro atoms. The number of pyridine rings is 2. The molecule has 5 rings (SSSR count). The van der Waals surface area contributed by atoms with Crippen LogP contribution in [0.3, 0.4) is 0 Å². The van der Waals surface area contributed by atoms with Crippen molar-refractivity contribution in [1.82, 2.24) is 25.1 Å². The first-order valence-electron chi connectivity index (χ1n) is 10.8. The van der Waals surface area contributed by atoms with Gasteiger partial charge in [0.05, 0.1) is 5.69 Å². The molecule has 164 valence electrons. The first kappa shape index (κ1) is 20.8. The lowest BCUT2D eigenvalue weighted by atomic mass is 10.0. The van der Waals surface area contributed by atoms with E-state index in [4.69, 9.17) is 4.74 Å². The van der Waals surface area contributed by atoms with Gasteiger partial charge in [0.1, 0.15) is 16.2 Å². The number of aryl methyl sites for hydroxylation is 1. The zero-order valence-electron chi connectivity index (χ0n) is 18.0. The standard InChI is InChI=1S/C24H25N5O2S/c1-29-8-4-21(28-29)20-3-2-17(15-25-20)12-18-13-22(27-24-19(18)7-11-32-24)23(30)26-14-16-5-9-31-10-6-16/h2-4,7-8,11,13,15-16H,5-6,9-10,12,14H2,1H3,(H,26,30). The van der Waals surface area contributed by atoms with Crippen molar-refractivity contribution in [2.24, 2.45) is 13.0 Å². The number of hydrogen-bond acceptors (Lipinski definition) is 6. The molecule has 5 heterocycles. The van der Waals surface area contributed by atoms with E-state index in [0.29, 0.717) is 24.6 Å². The van der Waals surface area contributed by atoms with E-state index >= 15 is 0 Å². The minimum atomic E-state index is -0.114. The van der Waals surface area contributed by atoms with E-state index in [1.54, 1.807) is 16.0 Å². The fourth-order valence-corrected chi connectivity index (χ4v) is 4.82. The molecule has 1 aliphatic rings. The third kappa shape index (κ3) is 4.56. The first-order valence-corrected chi connectivity index (χ1v) is 11.7. The molecule has 4 aromatic rings. The van der Waals surface area contributed by atoms with E-state index in [9.17, 15) is 4.79 Å².